The van der Waals surface area contributed by atoms with Gasteiger partial charge in [0, 0.05) is 31.5 Å². The normalized spacial score (nSPS) is 10.8. The average molecular weight is 338 g/mol. The van der Waals surface area contributed by atoms with Crippen molar-refractivity contribution in [2.45, 2.75) is 26.7 Å². The topological polar surface area (TPSA) is 58.6 Å². The molecule has 0 aliphatic heterocycles. The Morgan fingerprint density at radius 1 is 1.08 bits per heavy atom. The van der Waals surface area contributed by atoms with E-state index in [2.05, 4.69) is 24.1 Å². The van der Waals surface area contributed by atoms with Crippen molar-refractivity contribution < 1.29 is 18.7 Å². The van der Waals surface area contributed by atoms with Gasteiger partial charge in [-0.3, -0.25) is 9.59 Å². The lowest BCUT2D eigenvalue weighted by Gasteiger charge is -2.17. The maximum Gasteiger partial charge on any atom is 0.220 e. The van der Waals surface area contributed by atoms with Crippen LogP contribution in [0, 0.1) is 5.82 Å². The van der Waals surface area contributed by atoms with Crippen molar-refractivity contribution in [1.29, 1.82) is 0 Å². The number of ether oxygens (including phenoxy) is 1. The van der Waals surface area contributed by atoms with Gasteiger partial charge in [-0.25, -0.2) is 4.39 Å². The van der Waals surface area contributed by atoms with Crippen molar-refractivity contribution >= 4 is 11.7 Å². The molecule has 0 fully saturated rings. The summed E-state index contributed by atoms with van der Waals surface area (Å²) in [4.78, 5) is 25.8. The molecule has 0 aliphatic rings. The molecule has 6 heteroatoms. The van der Waals surface area contributed by atoms with Crippen molar-refractivity contribution in [3.8, 4) is 0 Å². The van der Waals surface area contributed by atoms with E-state index in [9.17, 15) is 14.0 Å². The maximum atomic E-state index is 12.8. The van der Waals surface area contributed by atoms with E-state index in [0.717, 1.165) is 19.6 Å². The van der Waals surface area contributed by atoms with Crippen LogP contribution in [0.3, 0.4) is 0 Å². The van der Waals surface area contributed by atoms with E-state index in [1.54, 1.807) is 0 Å². The summed E-state index contributed by atoms with van der Waals surface area (Å²) in [6.07, 6.45) is 0.232. The van der Waals surface area contributed by atoms with Crippen LogP contribution >= 0.6 is 0 Å². The standard InChI is InChI=1S/C18H27FN2O3/c1-3-21(4-2)12-14-24-13-11-20-18(23)10-9-17(22)15-5-7-16(19)8-6-15/h5-8H,3-4,9-14H2,1-2H3,(H,20,23). The Bertz CT molecular complexity index is 501. The monoisotopic (exact) mass is 338 g/mol. The molecule has 1 aromatic carbocycles. The zero-order chi connectivity index (χ0) is 17.8. The van der Waals surface area contributed by atoms with Gasteiger partial charge in [-0.1, -0.05) is 13.8 Å². The number of halogens is 1. The predicted molar refractivity (Wildman–Crippen MR) is 91.6 cm³/mol. The van der Waals surface area contributed by atoms with Gasteiger partial charge in [0.2, 0.25) is 5.91 Å². The Balaban J connectivity index is 2.09. The van der Waals surface area contributed by atoms with E-state index < -0.39 is 0 Å². The molecule has 1 amide bonds. The molecule has 5 nitrogen and oxygen atoms in total. The third kappa shape index (κ3) is 8.17. The van der Waals surface area contributed by atoms with Gasteiger partial charge >= 0.3 is 0 Å². The molecule has 134 valence electrons. The van der Waals surface area contributed by atoms with E-state index in [-0.39, 0.29) is 30.3 Å². The van der Waals surface area contributed by atoms with Crippen molar-refractivity contribution in [3.63, 3.8) is 0 Å². The number of nitrogens with zero attached hydrogens (tertiary/aromatic N) is 1. The summed E-state index contributed by atoms with van der Waals surface area (Å²) in [5.41, 5.74) is 0.420. The Morgan fingerprint density at radius 2 is 1.75 bits per heavy atom. The van der Waals surface area contributed by atoms with Crippen LogP contribution in [-0.2, 0) is 9.53 Å². The highest BCUT2D eigenvalue weighted by Crippen LogP contribution is 2.07. The predicted octanol–water partition coefficient (Wildman–Crippen LogP) is 2.26. The first-order valence-corrected chi connectivity index (χ1v) is 8.42. The lowest BCUT2D eigenvalue weighted by atomic mass is 10.1. The summed E-state index contributed by atoms with van der Waals surface area (Å²) in [7, 11) is 0. The molecule has 0 spiro atoms. The average Bonchev–Trinajstić information content (AvgIpc) is 2.59. The van der Waals surface area contributed by atoms with Crippen molar-refractivity contribution in [2.24, 2.45) is 0 Å². The van der Waals surface area contributed by atoms with E-state index >= 15 is 0 Å². The number of amides is 1. The highest BCUT2D eigenvalue weighted by Gasteiger charge is 2.09. The minimum absolute atomic E-state index is 0.111. The lowest BCUT2D eigenvalue weighted by Crippen LogP contribution is -2.30. The van der Waals surface area contributed by atoms with Gasteiger partial charge in [-0.2, -0.15) is 0 Å². The number of benzene rings is 1. The zero-order valence-electron chi connectivity index (χ0n) is 14.5. The van der Waals surface area contributed by atoms with Crippen LogP contribution in [0.4, 0.5) is 4.39 Å². The van der Waals surface area contributed by atoms with Crippen molar-refractivity contribution in [3.05, 3.63) is 35.6 Å². The number of hydrogen-bond donors (Lipinski definition) is 1. The molecule has 1 N–H and O–H groups in total. The molecule has 1 rings (SSSR count). The lowest BCUT2D eigenvalue weighted by molar-refractivity contribution is -0.121. The van der Waals surface area contributed by atoms with Crippen molar-refractivity contribution in [2.75, 3.05) is 39.4 Å². The summed E-state index contributed by atoms with van der Waals surface area (Å²) in [5, 5.41) is 2.72. The van der Waals surface area contributed by atoms with Gasteiger partial charge < -0.3 is 15.0 Å². The highest BCUT2D eigenvalue weighted by atomic mass is 19.1. The molecule has 0 unspecified atom stereocenters. The van der Waals surface area contributed by atoms with Crippen LogP contribution in [0.1, 0.15) is 37.0 Å². The summed E-state index contributed by atoms with van der Waals surface area (Å²) < 4.78 is 18.3. The molecule has 0 aliphatic carbocycles. The van der Waals surface area contributed by atoms with Crippen LogP contribution < -0.4 is 5.32 Å². The maximum absolute atomic E-state index is 12.8. The van der Waals surface area contributed by atoms with Gasteiger partial charge in [0.15, 0.2) is 5.78 Å². The Morgan fingerprint density at radius 3 is 2.38 bits per heavy atom. The van der Waals surface area contributed by atoms with Gasteiger partial charge in [-0.15, -0.1) is 0 Å². The summed E-state index contributed by atoms with van der Waals surface area (Å²) >= 11 is 0. The summed E-state index contributed by atoms with van der Waals surface area (Å²) in [5.74, 6) is -0.733. The molecule has 0 radical (unpaired) electrons. The molecule has 24 heavy (non-hydrogen) atoms. The third-order valence-corrected chi connectivity index (χ3v) is 3.76. The molecule has 0 saturated heterocycles. The fraction of sp³-hybridized carbons (Fsp3) is 0.556. The van der Waals surface area contributed by atoms with Crippen molar-refractivity contribution in [1.82, 2.24) is 10.2 Å². The SMILES string of the molecule is CCN(CC)CCOCCNC(=O)CCC(=O)c1ccc(F)cc1. The van der Waals surface area contributed by atoms with Gasteiger partial charge in [0.05, 0.1) is 13.2 Å². The summed E-state index contributed by atoms with van der Waals surface area (Å²) in [6, 6.07) is 5.34. The van der Waals surface area contributed by atoms with Crippen LogP contribution in [0.5, 0.6) is 0 Å². The molecule has 0 aromatic heterocycles. The second kappa shape index (κ2) is 11.7. The molecule has 0 heterocycles. The number of nitrogens with one attached hydrogen (secondary N) is 1. The minimum Gasteiger partial charge on any atom is -0.378 e. The molecular formula is C18H27FN2O3. The van der Waals surface area contributed by atoms with Crippen LogP contribution in [-0.4, -0.2) is 56.0 Å². The minimum atomic E-state index is -0.384. The summed E-state index contributed by atoms with van der Waals surface area (Å²) in [6.45, 7) is 8.62. The second-order valence-electron chi connectivity index (χ2n) is 5.42. The quantitative estimate of drug-likeness (QED) is 0.469. The van der Waals surface area contributed by atoms with Gasteiger partial charge in [0.1, 0.15) is 5.82 Å². The van der Waals surface area contributed by atoms with E-state index in [1.165, 1.54) is 24.3 Å². The number of likely N-dealkylation sites (N-methyl/N-ethyl adjacent to an activating group) is 1. The molecule has 0 bridgehead atoms. The fourth-order valence-electron chi connectivity index (χ4n) is 2.19. The molecular weight excluding hydrogens is 311 g/mol. The molecule has 1 aromatic rings. The Labute approximate surface area is 143 Å². The van der Waals surface area contributed by atoms with Crippen LogP contribution in [0.25, 0.3) is 0 Å². The van der Waals surface area contributed by atoms with Crippen LogP contribution in [0.2, 0.25) is 0 Å². The number of ketones is 1. The Hall–Kier alpha value is -1.79. The smallest absolute Gasteiger partial charge is 0.220 e. The van der Waals surface area contributed by atoms with Gasteiger partial charge in [0.25, 0.3) is 0 Å². The number of carbonyl (C=O) groups excluding carboxylic acids is 2. The first-order chi connectivity index (χ1) is 11.6. The number of rotatable bonds is 12. The van der Waals surface area contributed by atoms with E-state index in [0.29, 0.717) is 25.3 Å². The highest BCUT2D eigenvalue weighted by molar-refractivity contribution is 5.97. The third-order valence-electron chi connectivity index (χ3n) is 3.76. The number of carbonyl (C=O) groups is 2. The second-order valence-corrected chi connectivity index (χ2v) is 5.42. The first-order valence-electron chi connectivity index (χ1n) is 8.42. The largest absolute Gasteiger partial charge is 0.378 e. The zero-order valence-corrected chi connectivity index (χ0v) is 14.5. The molecule has 0 saturated carbocycles. The number of Topliss-reactive ketones (excluding diaryl/α,β-unsaturated/α-hetero) is 1. The van der Waals surface area contributed by atoms with E-state index in [1.807, 2.05) is 0 Å². The number of hydrogen-bond acceptors (Lipinski definition) is 4. The van der Waals surface area contributed by atoms with Crippen LogP contribution in [0.15, 0.2) is 24.3 Å². The molecule has 0 atom stereocenters. The van der Waals surface area contributed by atoms with E-state index in [4.69, 9.17) is 4.74 Å². The Kier molecular flexibility index (Phi) is 9.88. The fourth-order valence-corrected chi connectivity index (χ4v) is 2.19. The first kappa shape index (κ1) is 20.3. The van der Waals surface area contributed by atoms with Gasteiger partial charge in [-0.05, 0) is 37.4 Å².